The molecule has 0 aromatic rings. The molecule has 1 fully saturated rings. The summed E-state index contributed by atoms with van der Waals surface area (Å²) in [5, 5.41) is 6.84. The number of hydrogen-bond acceptors (Lipinski definition) is 5. The van der Waals surface area contributed by atoms with Crippen LogP contribution in [0.5, 0.6) is 0 Å². The first-order valence-corrected chi connectivity index (χ1v) is 11.3. The summed E-state index contributed by atoms with van der Waals surface area (Å²) in [4.78, 5) is 34.2. The number of likely N-dealkylation sites (tertiary alicyclic amines) is 1. The Morgan fingerprint density at radius 1 is 1.19 bits per heavy atom. The SMILES string of the molecule is CCNC(=NCC(C)CN(C)C(=O)OC(C)(C)C)NC1CCN(CC(=O)N(C)C)CC1.I. The maximum Gasteiger partial charge on any atom is 0.410 e. The van der Waals surface area contributed by atoms with Gasteiger partial charge in [-0.15, -0.1) is 24.0 Å². The van der Waals surface area contributed by atoms with Gasteiger partial charge in [-0.2, -0.15) is 0 Å². The Kier molecular flexibility index (Phi) is 14.2. The molecule has 9 nitrogen and oxygen atoms in total. The second-order valence-corrected chi connectivity index (χ2v) is 9.67. The van der Waals surface area contributed by atoms with Gasteiger partial charge in [0.15, 0.2) is 5.96 Å². The third-order valence-electron chi connectivity index (χ3n) is 4.98. The van der Waals surface area contributed by atoms with E-state index in [1.54, 1.807) is 30.9 Å². The summed E-state index contributed by atoms with van der Waals surface area (Å²) in [6.07, 6.45) is 1.64. The van der Waals surface area contributed by atoms with E-state index >= 15 is 0 Å². The molecule has 0 spiro atoms. The first-order valence-electron chi connectivity index (χ1n) is 11.3. The number of halogens is 1. The van der Waals surface area contributed by atoms with Crippen LogP contribution in [0.25, 0.3) is 0 Å². The van der Waals surface area contributed by atoms with Gasteiger partial charge in [0, 0.05) is 59.9 Å². The van der Waals surface area contributed by atoms with Crippen LogP contribution in [0.2, 0.25) is 0 Å². The quantitative estimate of drug-likeness (QED) is 0.265. The Morgan fingerprint density at radius 3 is 2.28 bits per heavy atom. The van der Waals surface area contributed by atoms with Crippen LogP contribution in [-0.2, 0) is 9.53 Å². The molecular formula is C22H45IN6O3. The van der Waals surface area contributed by atoms with Crippen LogP contribution in [0.1, 0.15) is 47.5 Å². The van der Waals surface area contributed by atoms with Gasteiger partial charge in [0.05, 0.1) is 6.54 Å². The Morgan fingerprint density at radius 2 is 1.78 bits per heavy atom. The minimum atomic E-state index is -0.496. The van der Waals surface area contributed by atoms with Crippen molar-refractivity contribution in [2.75, 3.05) is 60.4 Å². The molecule has 1 atom stereocenters. The van der Waals surface area contributed by atoms with Crippen LogP contribution < -0.4 is 10.6 Å². The number of nitrogens with zero attached hydrogens (tertiary/aromatic N) is 4. The topological polar surface area (TPSA) is 89.5 Å². The van der Waals surface area contributed by atoms with Crippen molar-refractivity contribution in [1.29, 1.82) is 0 Å². The molecule has 0 aliphatic carbocycles. The van der Waals surface area contributed by atoms with Crippen molar-refractivity contribution in [3.63, 3.8) is 0 Å². The fraction of sp³-hybridized carbons (Fsp3) is 0.864. The lowest BCUT2D eigenvalue weighted by molar-refractivity contribution is -0.130. The van der Waals surface area contributed by atoms with Gasteiger partial charge in [0.2, 0.25) is 5.91 Å². The first-order chi connectivity index (χ1) is 14.4. The molecule has 1 aliphatic rings. The van der Waals surface area contributed by atoms with Crippen LogP contribution in [-0.4, -0.2) is 105 Å². The first kappa shape index (κ1) is 30.7. The van der Waals surface area contributed by atoms with Crippen molar-refractivity contribution in [2.45, 2.75) is 59.1 Å². The molecule has 2 amide bonds. The normalized spacial score (nSPS) is 16.6. The van der Waals surface area contributed by atoms with Crippen molar-refractivity contribution in [1.82, 2.24) is 25.3 Å². The maximum atomic E-state index is 12.1. The molecular weight excluding hydrogens is 523 g/mol. The largest absolute Gasteiger partial charge is 0.444 e. The predicted octanol–water partition coefficient (Wildman–Crippen LogP) is 2.22. The van der Waals surface area contributed by atoms with Crippen molar-refractivity contribution in [3.05, 3.63) is 0 Å². The number of carbonyl (C=O) groups is 2. The summed E-state index contributed by atoms with van der Waals surface area (Å²) in [5.41, 5.74) is -0.496. The number of amides is 2. The van der Waals surface area contributed by atoms with Crippen LogP contribution in [0, 0.1) is 5.92 Å². The number of likely N-dealkylation sites (N-methyl/N-ethyl adjacent to an activating group) is 1. The molecule has 1 rings (SSSR count). The third-order valence-corrected chi connectivity index (χ3v) is 4.98. The van der Waals surface area contributed by atoms with Crippen molar-refractivity contribution in [2.24, 2.45) is 10.9 Å². The fourth-order valence-electron chi connectivity index (χ4n) is 3.27. The van der Waals surface area contributed by atoms with Crippen LogP contribution in [0.15, 0.2) is 4.99 Å². The summed E-state index contributed by atoms with van der Waals surface area (Å²) < 4.78 is 5.41. The van der Waals surface area contributed by atoms with E-state index in [4.69, 9.17) is 9.73 Å². The van der Waals surface area contributed by atoms with E-state index in [1.165, 1.54) is 0 Å². The molecule has 32 heavy (non-hydrogen) atoms. The highest BCUT2D eigenvalue weighted by molar-refractivity contribution is 14.0. The van der Waals surface area contributed by atoms with E-state index in [2.05, 4.69) is 22.5 Å². The van der Waals surface area contributed by atoms with E-state index in [1.807, 2.05) is 27.7 Å². The molecule has 10 heteroatoms. The Labute approximate surface area is 211 Å². The van der Waals surface area contributed by atoms with Crippen molar-refractivity contribution in [3.8, 4) is 0 Å². The molecule has 1 aliphatic heterocycles. The number of piperidine rings is 1. The van der Waals surface area contributed by atoms with Crippen LogP contribution in [0.4, 0.5) is 4.79 Å². The summed E-state index contributed by atoms with van der Waals surface area (Å²) in [7, 11) is 5.34. The third kappa shape index (κ3) is 12.7. The van der Waals surface area contributed by atoms with Gasteiger partial charge in [0.1, 0.15) is 5.60 Å². The fourth-order valence-corrected chi connectivity index (χ4v) is 3.27. The molecule has 0 radical (unpaired) electrons. The minimum Gasteiger partial charge on any atom is -0.444 e. The van der Waals surface area contributed by atoms with Crippen molar-refractivity contribution >= 4 is 41.9 Å². The maximum absolute atomic E-state index is 12.1. The molecule has 0 bridgehead atoms. The molecule has 1 heterocycles. The standard InChI is InChI=1S/C22H44N6O3.HI/c1-9-23-20(24-14-17(2)15-27(8)21(30)31-22(3,4)5)25-18-10-12-28(13-11-18)16-19(29)26(6)7;/h17-18H,9-16H2,1-8H3,(H2,23,24,25);1H. The average molecular weight is 569 g/mol. The van der Waals surface area contributed by atoms with Crippen LogP contribution in [0.3, 0.4) is 0 Å². The molecule has 188 valence electrons. The summed E-state index contributed by atoms with van der Waals surface area (Å²) >= 11 is 0. The van der Waals surface area contributed by atoms with Gasteiger partial charge in [-0.1, -0.05) is 6.92 Å². The lowest BCUT2D eigenvalue weighted by Crippen LogP contribution is -2.50. The smallest absolute Gasteiger partial charge is 0.410 e. The monoisotopic (exact) mass is 568 g/mol. The number of hydrogen-bond donors (Lipinski definition) is 2. The van der Waals surface area contributed by atoms with E-state index in [-0.39, 0.29) is 41.9 Å². The van der Waals surface area contributed by atoms with Gasteiger partial charge in [-0.25, -0.2) is 4.79 Å². The van der Waals surface area contributed by atoms with Gasteiger partial charge in [-0.3, -0.25) is 14.7 Å². The Balaban J connectivity index is 0.00000961. The van der Waals surface area contributed by atoms with E-state index in [9.17, 15) is 9.59 Å². The molecule has 2 N–H and O–H groups in total. The van der Waals surface area contributed by atoms with Gasteiger partial charge in [-0.05, 0) is 46.5 Å². The second kappa shape index (κ2) is 14.8. The van der Waals surface area contributed by atoms with Gasteiger partial charge < -0.3 is 25.2 Å². The highest BCUT2D eigenvalue weighted by Gasteiger charge is 2.23. The highest BCUT2D eigenvalue weighted by atomic mass is 127. The van der Waals surface area contributed by atoms with E-state index < -0.39 is 5.60 Å². The molecule has 1 unspecified atom stereocenters. The average Bonchev–Trinajstić information content (AvgIpc) is 2.66. The highest BCUT2D eigenvalue weighted by Crippen LogP contribution is 2.12. The Hall–Kier alpha value is -1.30. The number of aliphatic imine (C=N–C) groups is 1. The van der Waals surface area contributed by atoms with Gasteiger partial charge in [0.25, 0.3) is 0 Å². The second-order valence-electron chi connectivity index (χ2n) is 9.67. The summed E-state index contributed by atoms with van der Waals surface area (Å²) in [6, 6.07) is 0.336. The zero-order valence-corrected chi connectivity index (χ0v) is 23.6. The number of ether oxygens (including phenoxy) is 1. The lowest BCUT2D eigenvalue weighted by atomic mass is 10.1. The summed E-state index contributed by atoms with van der Waals surface area (Å²) in [6.45, 7) is 14.0. The lowest BCUT2D eigenvalue weighted by Gasteiger charge is -2.33. The predicted molar refractivity (Wildman–Crippen MR) is 141 cm³/mol. The molecule has 0 aromatic carbocycles. The van der Waals surface area contributed by atoms with Crippen molar-refractivity contribution < 1.29 is 14.3 Å². The molecule has 1 saturated heterocycles. The van der Waals surface area contributed by atoms with Crippen LogP contribution >= 0.6 is 24.0 Å². The zero-order chi connectivity index (χ0) is 23.6. The number of nitrogens with one attached hydrogen (secondary N) is 2. The van der Waals surface area contributed by atoms with Gasteiger partial charge >= 0.3 is 6.09 Å². The Bertz CT molecular complexity index is 601. The number of carbonyl (C=O) groups excluding carboxylic acids is 2. The molecule has 0 saturated carbocycles. The van der Waals surface area contributed by atoms with E-state index in [0.717, 1.165) is 38.4 Å². The number of rotatable bonds is 8. The summed E-state index contributed by atoms with van der Waals surface area (Å²) in [5.74, 6) is 1.15. The number of guanidine groups is 1. The minimum absolute atomic E-state index is 0. The molecule has 0 aromatic heterocycles. The van der Waals surface area contributed by atoms with E-state index in [0.29, 0.717) is 25.7 Å². The zero-order valence-electron chi connectivity index (χ0n) is 21.2.